The lowest BCUT2D eigenvalue weighted by Crippen LogP contribution is -2.20. The monoisotopic (exact) mass is 461 g/mol. The van der Waals surface area contributed by atoms with Gasteiger partial charge in [0.25, 0.3) is 0 Å². The summed E-state index contributed by atoms with van der Waals surface area (Å²) in [6.07, 6.45) is -0.556. The third kappa shape index (κ3) is 3.66. The van der Waals surface area contributed by atoms with E-state index in [9.17, 15) is 18.0 Å². The highest BCUT2D eigenvalue weighted by Crippen LogP contribution is 2.37. The van der Waals surface area contributed by atoms with Crippen LogP contribution in [0, 0.1) is 0 Å². The van der Waals surface area contributed by atoms with Gasteiger partial charge in [-0.2, -0.15) is 13.2 Å². The maximum atomic E-state index is 13.4. The van der Waals surface area contributed by atoms with Gasteiger partial charge in [-0.1, -0.05) is 12.1 Å². The summed E-state index contributed by atoms with van der Waals surface area (Å²) in [5.41, 5.74) is 7.69. The molecule has 11 heteroatoms. The average molecular weight is 461 g/mol. The normalized spacial score (nSPS) is 14.1. The predicted octanol–water partition coefficient (Wildman–Crippen LogP) is 4.26. The van der Waals surface area contributed by atoms with E-state index >= 15 is 0 Å². The number of aryl methyl sites for hydroxylation is 2. The maximum absolute atomic E-state index is 13.4. The van der Waals surface area contributed by atoms with Gasteiger partial charge in [-0.15, -0.1) is 11.3 Å². The van der Waals surface area contributed by atoms with Crippen LogP contribution in [0.5, 0.6) is 0 Å². The number of para-hydroxylation sites is 2. The van der Waals surface area contributed by atoms with Gasteiger partial charge in [0.1, 0.15) is 17.2 Å². The van der Waals surface area contributed by atoms with Crippen molar-refractivity contribution in [3.05, 3.63) is 46.4 Å². The topological polar surface area (TPSA) is 95.9 Å². The molecule has 0 unspecified atom stereocenters. The van der Waals surface area contributed by atoms with Gasteiger partial charge in [-0.3, -0.25) is 4.79 Å². The molecule has 0 fully saturated rings. The van der Waals surface area contributed by atoms with Crippen LogP contribution < -0.4 is 5.73 Å². The summed E-state index contributed by atoms with van der Waals surface area (Å²) in [6, 6.07) is 6.09. The molecule has 0 spiro atoms. The van der Waals surface area contributed by atoms with E-state index < -0.39 is 24.5 Å². The van der Waals surface area contributed by atoms with Crippen LogP contribution in [0.1, 0.15) is 34.9 Å². The number of nitrogen functional groups attached to an aromatic ring is 1. The van der Waals surface area contributed by atoms with Crippen LogP contribution in [-0.4, -0.2) is 25.5 Å². The molecule has 0 saturated carbocycles. The minimum Gasteiger partial charge on any atom is -0.456 e. The summed E-state index contributed by atoms with van der Waals surface area (Å²) in [5, 5.41) is 0.861. The van der Waals surface area contributed by atoms with Crippen molar-refractivity contribution in [1.82, 2.24) is 19.5 Å². The SMILES string of the molecule is Nc1nc(COC(=O)Cn2c(C(F)(F)F)nc3ccccc32)nc2sc3c(c12)CCCC3. The summed E-state index contributed by atoms with van der Waals surface area (Å²) in [5.74, 6) is -1.46. The zero-order valence-corrected chi connectivity index (χ0v) is 17.6. The zero-order valence-electron chi connectivity index (χ0n) is 16.8. The van der Waals surface area contributed by atoms with E-state index in [0.717, 1.165) is 40.5 Å². The number of carbonyl (C=O) groups excluding carboxylic acids is 1. The molecule has 0 radical (unpaired) electrons. The smallest absolute Gasteiger partial charge is 0.449 e. The van der Waals surface area contributed by atoms with Crippen molar-refractivity contribution in [2.75, 3.05) is 5.73 Å². The molecule has 3 aromatic heterocycles. The van der Waals surface area contributed by atoms with Gasteiger partial charge in [-0.25, -0.2) is 15.0 Å². The van der Waals surface area contributed by atoms with Crippen LogP contribution >= 0.6 is 11.3 Å². The quantitative estimate of drug-likeness (QED) is 0.456. The molecule has 0 aliphatic heterocycles. The highest BCUT2D eigenvalue weighted by Gasteiger charge is 2.38. The standard InChI is InChI=1S/C21H18F3N5O2S/c22-21(23,24)20-26-12-6-2-3-7-13(12)29(20)9-16(30)31-10-15-27-18(25)17-11-5-1-4-8-14(11)32-19(17)28-15/h2-3,6-7H,1,4-5,8-10H2,(H2,25,27,28). The number of hydrogen-bond donors (Lipinski definition) is 1. The van der Waals surface area contributed by atoms with E-state index in [1.54, 1.807) is 23.5 Å². The number of nitrogens with zero attached hydrogens (tertiary/aromatic N) is 4. The van der Waals surface area contributed by atoms with E-state index in [4.69, 9.17) is 10.5 Å². The lowest BCUT2D eigenvalue weighted by atomic mass is 9.97. The van der Waals surface area contributed by atoms with Gasteiger partial charge in [0.15, 0.2) is 12.4 Å². The van der Waals surface area contributed by atoms with Crippen molar-refractivity contribution < 1.29 is 22.7 Å². The van der Waals surface area contributed by atoms with Gasteiger partial charge in [0.05, 0.1) is 16.4 Å². The minimum atomic E-state index is -4.71. The fraction of sp³-hybridized carbons (Fsp3) is 0.333. The number of carbonyl (C=O) groups is 1. The molecule has 4 aromatic rings. The van der Waals surface area contributed by atoms with Crippen molar-refractivity contribution in [2.45, 2.75) is 45.0 Å². The number of esters is 1. The van der Waals surface area contributed by atoms with Crippen LogP contribution in [0.2, 0.25) is 0 Å². The molecular formula is C21H18F3N5O2S. The lowest BCUT2D eigenvalue weighted by molar-refractivity contribution is -0.151. The Kier molecular flexibility index (Phi) is 5.00. The van der Waals surface area contributed by atoms with E-state index in [0.29, 0.717) is 5.82 Å². The van der Waals surface area contributed by atoms with Crippen molar-refractivity contribution in [3.8, 4) is 0 Å². The highest BCUT2D eigenvalue weighted by atomic mass is 32.1. The number of halogens is 3. The predicted molar refractivity (Wildman–Crippen MR) is 113 cm³/mol. The van der Waals surface area contributed by atoms with Crippen LogP contribution in [0.25, 0.3) is 21.3 Å². The van der Waals surface area contributed by atoms with Crippen LogP contribution in [0.3, 0.4) is 0 Å². The number of imidazole rings is 1. The molecule has 0 saturated heterocycles. The first-order valence-electron chi connectivity index (χ1n) is 10.1. The van der Waals surface area contributed by atoms with Gasteiger partial charge >= 0.3 is 12.1 Å². The Bertz CT molecular complexity index is 1340. The third-order valence-electron chi connectivity index (χ3n) is 5.45. The third-order valence-corrected chi connectivity index (χ3v) is 6.63. The molecule has 1 aromatic carbocycles. The number of aromatic nitrogens is 4. The number of rotatable bonds is 4. The molecule has 0 bridgehead atoms. The van der Waals surface area contributed by atoms with Gasteiger partial charge in [0.2, 0.25) is 5.82 Å². The molecule has 3 heterocycles. The van der Waals surface area contributed by atoms with Crippen molar-refractivity contribution >= 4 is 44.4 Å². The summed E-state index contributed by atoms with van der Waals surface area (Å²) < 4.78 is 46.2. The molecule has 2 N–H and O–H groups in total. The first kappa shape index (κ1) is 20.7. The fourth-order valence-corrected chi connectivity index (χ4v) is 5.36. The number of hydrogen-bond acceptors (Lipinski definition) is 7. The van der Waals surface area contributed by atoms with Crippen molar-refractivity contribution in [2.24, 2.45) is 0 Å². The Morgan fingerprint density at radius 3 is 2.75 bits per heavy atom. The number of benzene rings is 1. The molecule has 0 atom stereocenters. The molecule has 7 nitrogen and oxygen atoms in total. The second-order valence-electron chi connectivity index (χ2n) is 7.58. The first-order chi connectivity index (χ1) is 15.3. The zero-order chi connectivity index (χ0) is 22.5. The van der Waals surface area contributed by atoms with E-state index in [-0.39, 0.29) is 23.5 Å². The maximum Gasteiger partial charge on any atom is 0.449 e. The van der Waals surface area contributed by atoms with Crippen molar-refractivity contribution in [1.29, 1.82) is 0 Å². The van der Waals surface area contributed by atoms with Gasteiger partial charge < -0.3 is 15.0 Å². The van der Waals surface area contributed by atoms with Gasteiger partial charge in [0, 0.05) is 4.88 Å². The Morgan fingerprint density at radius 1 is 1.16 bits per heavy atom. The van der Waals surface area contributed by atoms with Gasteiger partial charge in [-0.05, 0) is 43.4 Å². The second-order valence-corrected chi connectivity index (χ2v) is 8.67. The molecule has 32 heavy (non-hydrogen) atoms. The minimum absolute atomic E-state index is 0.149. The summed E-state index contributed by atoms with van der Waals surface area (Å²) in [6.45, 7) is -0.921. The Hall–Kier alpha value is -3.21. The Balaban J connectivity index is 1.36. The number of nitrogens with two attached hydrogens (primary N) is 1. The van der Waals surface area contributed by atoms with E-state index in [1.807, 2.05) is 0 Å². The average Bonchev–Trinajstić information content (AvgIpc) is 3.31. The second kappa shape index (κ2) is 7.73. The summed E-state index contributed by atoms with van der Waals surface area (Å²) >= 11 is 1.56. The number of ether oxygens (including phenoxy) is 1. The molecule has 1 aliphatic rings. The van der Waals surface area contributed by atoms with E-state index in [2.05, 4.69) is 15.0 Å². The summed E-state index contributed by atoms with van der Waals surface area (Å²) in [4.78, 5) is 26.7. The molecule has 5 rings (SSSR count). The van der Waals surface area contributed by atoms with Crippen LogP contribution in [0.15, 0.2) is 24.3 Å². The summed E-state index contributed by atoms with van der Waals surface area (Å²) in [7, 11) is 0. The molecule has 1 aliphatic carbocycles. The van der Waals surface area contributed by atoms with Crippen LogP contribution in [-0.2, 0) is 41.7 Å². The molecule has 166 valence electrons. The van der Waals surface area contributed by atoms with E-state index in [1.165, 1.54) is 22.6 Å². The highest BCUT2D eigenvalue weighted by molar-refractivity contribution is 7.19. The van der Waals surface area contributed by atoms with Crippen molar-refractivity contribution in [3.63, 3.8) is 0 Å². The number of anilines is 1. The molecule has 0 amide bonds. The number of fused-ring (bicyclic) bond motifs is 4. The largest absolute Gasteiger partial charge is 0.456 e. The van der Waals surface area contributed by atoms with Crippen LogP contribution in [0.4, 0.5) is 19.0 Å². The number of alkyl halides is 3. The first-order valence-corrected chi connectivity index (χ1v) is 10.9. The Morgan fingerprint density at radius 2 is 1.94 bits per heavy atom. The number of thiophene rings is 1. The lowest BCUT2D eigenvalue weighted by Gasteiger charge is -2.12. The fourth-order valence-electron chi connectivity index (χ4n) is 4.07. The Labute approximate surface area is 184 Å². The molecular weight excluding hydrogens is 443 g/mol.